The largest absolute Gasteiger partial charge is 0.369 e. The van der Waals surface area contributed by atoms with Crippen molar-refractivity contribution in [2.45, 2.75) is 71.5 Å². The van der Waals surface area contributed by atoms with Crippen LogP contribution in [0.3, 0.4) is 0 Å². The minimum Gasteiger partial charge on any atom is -0.369 e. The zero-order valence-electron chi connectivity index (χ0n) is 14.7. The van der Waals surface area contributed by atoms with Crippen LogP contribution in [-0.4, -0.2) is 23.4 Å². The monoisotopic (exact) mass is 315 g/mol. The smallest absolute Gasteiger partial charge is 0.150 e. The molecule has 1 unspecified atom stereocenters. The Kier molecular flexibility index (Phi) is 6.40. The number of rotatable bonds is 6. The van der Waals surface area contributed by atoms with Gasteiger partial charge >= 0.3 is 0 Å². The van der Waals surface area contributed by atoms with Crippen LogP contribution in [0.5, 0.6) is 0 Å². The molecule has 2 rings (SSSR count). The quantitative estimate of drug-likeness (QED) is 0.654. The molecule has 1 fully saturated rings. The summed E-state index contributed by atoms with van der Waals surface area (Å²) in [6, 6.07) is 0. The second-order valence-corrected chi connectivity index (χ2v) is 6.29. The zero-order chi connectivity index (χ0) is 16.8. The van der Waals surface area contributed by atoms with Gasteiger partial charge in [0.25, 0.3) is 0 Å². The standard InChI is InChI=1S/C20H29NO2/c1-5-17-13-16(14-22)15(4)20(21(17)7-3)19(6-2)23-18-11-9-8-10-12-18/h5,7,13-14,18-19H,3,6,8-12H2,1-2,4H3/b17-5-. The number of hydrogen-bond donors (Lipinski definition) is 0. The minimum atomic E-state index is -0.00491. The summed E-state index contributed by atoms with van der Waals surface area (Å²) in [5.74, 6) is 0. The molecule has 0 bridgehead atoms. The maximum absolute atomic E-state index is 11.5. The van der Waals surface area contributed by atoms with Crippen molar-refractivity contribution in [3.63, 3.8) is 0 Å². The summed E-state index contributed by atoms with van der Waals surface area (Å²) in [6.45, 7) is 10.1. The number of allylic oxidation sites excluding steroid dienone is 4. The topological polar surface area (TPSA) is 29.5 Å². The number of aldehydes is 1. The Morgan fingerprint density at radius 2 is 2.09 bits per heavy atom. The van der Waals surface area contributed by atoms with Crippen molar-refractivity contribution in [3.8, 4) is 0 Å². The molecular weight excluding hydrogens is 286 g/mol. The Balaban J connectivity index is 2.34. The summed E-state index contributed by atoms with van der Waals surface area (Å²) in [7, 11) is 0. The highest BCUT2D eigenvalue weighted by atomic mass is 16.5. The van der Waals surface area contributed by atoms with E-state index in [2.05, 4.69) is 18.4 Å². The first-order chi connectivity index (χ1) is 11.2. The summed E-state index contributed by atoms with van der Waals surface area (Å²) < 4.78 is 6.45. The molecule has 2 aliphatic rings. The van der Waals surface area contributed by atoms with Gasteiger partial charge in [-0.05, 0) is 44.8 Å². The Labute approximate surface area is 140 Å². The molecule has 0 radical (unpaired) electrons. The van der Waals surface area contributed by atoms with Gasteiger partial charge in [0, 0.05) is 17.5 Å². The number of ether oxygens (including phenoxy) is 1. The van der Waals surface area contributed by atoms with Crippen molar-refractivity contribution in [3.05, 3.63) is 47.5 Å². The van der Waals surface area contributed by atoms with Crippen molar-refractivity contribution in [2.24, 2.45) is 0 Å². The first-order valence-corrected chi connectivity index (χ1v) is 8.77. The second kappa shape index (κ2) is 8.30. The van der Waals surface area contributed by atoms with Gasteiger partial charge in [-0.3, -0.25) is 4.79 Å². The lowest BCUT2D eigenvalue weighted by atomic mass is 9.94. The van der Waals surface area contributed by atoms with Crippen LogP contribution in [0.2, 0.25) is 0 Å². The molecule has 0 aromatic carbocycles. The fourth-order valence-electron chi connectivity index (χ4n) is 3.54. The Morgan fingerprint density at radius 3 is 2.61 bits per heavy atom. The predicted octanol–water partition coefficient (Wildman–Crippen LogP) is 4.88. The van der Waals surface area contributed by atoms with Gasteiger partial charge in [-0.1, -0.05) is 38.8 Å². The van der Waals surface area contributed by atoms with Crippen LogP contribution in [-0.2, 0) is 9.53 Å². The molecule has 0 N–H and O–H groups in total. The van der Waals surface area contributed by atoms with E-state index in [1.807, 2.05) is 32.2 Å². The van der Waals surface area contributed by atoms with Gasteiger partial charge in [-0.2, -0.15) is 0 Å². The Morgan fingerprint density at radius 1 is 1.39 bits per heavy atom. The van der Waals surface area contributed by atoms with E-state index >= 15 is 0 Å². The third kappa shape index (κ3) is 3.84. The number of carbonyl (C=O) groups excluding carboxylic acids is 1. The maximum Gasteiger partial charge on any atom is 0.150 e. The van der Waals surface area contributed by atoms with Crippen molar-refractivity contribution < 1.29 is 9.53 Å². The lowest BCUT2D eigenvalue weighted by Crippen LogP contribution is -2.34. The van der Waals surface area contributed by atoms with Crippen molar-refractivity contribution in [1.29, 1.82) is 0 Å². The van der Waals surface area contributed by atoms with Gasteiger partial charge < -0.3 is 9.64 Å². The summed E-state index contributed by atoms with van der Waals surface area (Å²) in [4.78, 5) is 13.5. The summed E-state index contributed by atoms with van der Waals surface area (Å²) in [5.41, 5.74) is 3.77. The van der Waals surface area contributed by atoms with E-state index in [9.17, 15) is 4.79 Å². The molecule has 0 aromatic heterocycles. The van der Waals surface area contributed by atoms with E-state index in [1.54, 1.807) is 0 Å². The zero-order valence-corrected chi connectivity index (χ0v) is 14.7. The molecule has 3 heteroatoms. The average molecular weight is 315 g/mol. The van der Waals surface area contributed by atoms with Gasteiger partial charge in [0.15, 0.2) is 0 Å². The van der Waals surface area contributed by atoms with Crippen molar-refractivity contribution in [1.82, 2.24) is 4.90 Å². The molecule has 0 aromatic rings. The molecule has 1 saturated carbocycles. The maximum atomic E-state index is 11.5. The molecule has 1 atom stereocenters. The molecule has 3 nitrogen and oxygen atoms in total. The molecule has 0 amide bonds. The van der Waals surface area contributed by atoms with E-state index in [0.717, 1.165) is 48.1 Å². The van der Waals surface area contributed by atoms with Crippen LogP contribution in [0, 0.1) is 0 Å². The Hall–Kier alpha value is -1.61. The highest BCUT2D eigenvalue weighted by molar-refractivity contribution is 5.82. The summed E-state index contributed by atoms with van der Waals surface area (Å²) in [6.07, 6.45) is 14.0. The van der Waals surface area contributed by atoms with Crippen LogP contribution in [0.1, 0.15) is 59.3 Å². The van der Waals surface area contributed by atoms with E-state index in [4.69, 9.17) is 4.74 Å². The molecule has 0 spiro atoms. The van der Waals surface area contributed by atoms with Gasteiger partial charge in [-0.15, -0.1) is 0 Å². The van der Waals surface area contributed by atoms with Crippen molar-refractivity contribution in [2.75, 3.05) is 0 Å². The van der Waals surface area contributed by atoms with Gasteiger partial charge in [0.05, 0.1) is 17.9 Å². The van der Waals surface area contributed by atoms with Crippen LogP contribution in [0.4, 0.5) is 0 Å². The van der Waals surface area contributed by atoms with Gasteiger partial charge in [-0.25, -0.2) is 0 Å². The van der Waals surface area contributed by atoms with E-state index < -0.39 is 0 Å². The van der Waals surface area contributed by atoms with E-state index in [-0.39, 0.29) is 6.10 Å². The minimum absolute atomic E-state index is 0.00491. The summed E-state index contributed by atoms with van der Waals surface area (Å²) in [5, 5.41) is 0. The molecule has 1 aliphatic carbocycles. The molecular formula is C20H29NO2. The molecule has 23 heavy (non-hydrogen) atoms. The van der Waals surface area contributed by atoms with Crippen LogP contribution >= 0.6 is 0 Å². The van der Waals surface area contributed by atoms with E-state index in [0.29, 0.717) is 6.10 Å². The number of carbonyl (C=O) groups is 1. The number of nitrogens with zero attached hydrogens (tertiary/aromatic N) is 1. The third-order valence-corrected chi connectivity index (χ3v) is 4.85. The lowest BCUT2D eigenvalue weighted by molar-refractivity contribution is -0.104. The Bertz CT molecular complexity index is 536. The van der Waals surface area contributed by atoms with Gasteiger partial charge in [0.1, 0.15) is 6.29 Å². The van der Waals surface area contributed by atoms with Crippen molar-refractivity contribution >= 4 is 6.29 Å². The highest BCUT2D eigenvalue weighted by Gasteiger charge is 2.29. The summed E-state index contributed by atoms with van der Waals surface area (Å²) >= 11 is 0. The SMILES string of the molecule is C=CN1C(C(CC)OC2CCCCC2)=C(C)C(C=O)=C/C1=C/C. The van der Waals surface area contributed by atoms with Crippen LogP contribution in [0.15, 0.2) is 47.5 Å². The third-order valence-electron chi connectivity index (χ3n) is 4.85. The normalized spacial score (nSPS) is 23.0. The molecule has 126 valence electrons. The first kappa shape index (κ1) is 17.7. The lowest BCUT2D eigenvalue weighted by Gasteiger charge is -2.37. The number of hydrogen-bond acceptors (Lipinski definition) is 3. The highest BCUT2D eigenvalue weighted by Crippen LogP contribution is 2.34. The van der Waals surface area contributed by atoms with E-state index in [1.165, 1.54) is 19.3 Å². The molecule has 1 heterocycles. The first-order valence-electron chi connectivity index (χ1n) is 8.77. The predicted molar refractivity (Wildman–Crippen MR) is 94.7 cm³/mol. The second-order valence-electron chi connectivity index (χ2n) is 6.29. The van der Waals surface area contributed by atoms with Crippen LogP contribution < -0.4 is 0 Å². The fraction of sp³-hybridized carbons (Fsp3) is 0.550. The molecule has 0 saturated heterocycles. The van der Waals surface area contributed by atoms with Gasteiger partial charge in [0.2, 0.25) is 0 Å². The van der Waals surface area contributed by atoms with Crippen LogP contribution in [0.25, 0.3) is 0 Å². The average Bonchev–Trinajstić information content (AvgIpc) is 2.60. The molecule has 1 aliphatic heterocycles. The fourth-order valence-corrected chi connectivity index (χ4v) is 3.54.